The minimum Gasteiger partial charge on any atom is -0.340 e. The van der Waals surface area contributed by atoms with E-state index in [0.717, 1.165) is 25.7 Å². The number of rotatable bonds is 4. The fourth-order valence-electron chi connectivity index (χ4n) is 3.28. The first kappa shape index (κ1) is 16.7. The van der Waals surface area contributed by atoms with Gasteiger partial charge >= 0.3 is 0 Å². The van der Waals surface area contributed by atoms with Gasteiger partial charge < -0.3 is 10.6 Å². The van der Waals surface area contributed by atoms with Crippen LogP contribution in [0.2, 0.25) is 0 Å². The Kier molecular flexibility index (Phi) is 5.62. The number of hydrogen-bond acceptors (Lipinski definition) is 4. The third-order valence-electron chi connectivity index (χ3n) is 4.33. The van der Waals surface area contributed by atoms with Crippen LogP contribution in [-0.2, 0) is 14.8 Å². The highest BCUT2D eigenvalue weighted by Crippen LogP contribution is 2.24. The fourth-order valence-corrected chi connectivity index (χ4v) is 5.02. The van der Waals surface area contributed by atoms with E-state index in [-0.39, 0.29) is 17.7 Å². The highest BCUT2D eigenvalue weighted by Gasteiger charge is 2.38. The van der Waals surface area contributed by atoms with E-state index in [1.165, 1.54) is 4.31 Å². The van der Waals surface area contributed by atoms with E-state index in [1.807, 2.05) is 6.92 Å². The highest BCUT2D eigenvalue weighted by atomic mass is 32.2. The molecule has 0 aliphatic carbocycles. The van der Waals surface area contributed by atoms with Crippen LogP contribution in [0.4, 0.5) is 0 Å². The van der Waals surface area contributed by atoms with E-state index in [2.05, 4.69) is 0 Å². The molecule has 2 rings (SSSR count). The second-order valence-electron chi connectivity index (χ2n) is 6.12. The molecule has 7 heteroatoms. The maximum atomic E-state index is 12.7. The van der Waals surface area contributed by atoms with Crippen LogP contribution in [0.15, 0.2) is 0 Å². The third-order valence-corrected chi connectivity index (χ3v) is 6.40. The summed E-state index contributed by atoms with van der Waals surface area (Å²) < 4.78 is 26.2. The Bertz CT molecular complexity index is 466. The lowest BCUT2D eigenvalue weighted by Gasteiger charge is -2.39. The lowest BCUT2D eigenvalue weighted by Crippen LogP contribution is -2.56. The summed E-state index contributed by atoms with van der Waals surface area (Å²) in [6.45, 7) is 3.57. The summed E-state index contributed by atoms with van der Waals surface area (Å²) in [4.78, 5) is 14.5. The molecule has 0 aromatic carbocycles. The first-order chi connectivity index (χ1) is 9.95. The Morgan fingerprint density at radius 2 is 1.95 bits per heavy atom. The van der Waals surface area contributed by atoms with Crippen LogP contribution in [0, 0.1) is 0 Å². The SMILES string of the molecule is CCCS(=O)(=O)N1CCCCC1C(=O)N1CCCC(N)C1. The summed E-state index contributed by atoms with van der Waals surface area (Å²) in [5.41, 5.74) is 5.93. The van der Waals surface area contributed by atoms with Crippen LogP contribution in [-0.4, -0.2) is 61.0 Å². The van der Waals surface area contributed by atoms with Gasteiger partial charge in [-0.2, -0.15) is 4.31 Å². The first-order valence-electron chi connectivity index (χ1n) is 7.99. The smallest absolute Gasteiger partial charge is 0.241 e. The van der Waals surface area contributed by atoms with Gasteiger partial charge in [0.15, 0.2) is 0 Å². The van der Waals surface area contributed by atoms with Crippen LogP contribution >= 0.6 is 0 Å². The predicted octanol–water partition coefficient (Wildman–Crippen LogP) is 0.530. The van der Waals surface area contributed by atoms with Crippen LogP contribution in [0.1, 0.15) is 45.4 Å². The lowest BCUT2D eigenvalue weighted by molar-refractivity contribution is -0.137. The Labute approximate surface area is 127 Å². The van der Waals surface area contributed by atoms with Gasteiger partial charge in [0.1, 0.15) is 6.04 Å². The molecule has 2 N–H and O–H groups in total. The van der Waals surface area contributed by atoms with Gasteiger partial charge in [-0.3, -0.25) is 4.79 Å². The Morgan fingerprint density at radius 1 is 1.19 bits per heavy atom. The van der Waals surface area contributed by atoms with Gasteiger partial charge in [-0.25, -0.2) is 8.42 Å². The summed E-state index contributed by atoms with van der Waals surface area (Å²) in [6.07, 6.45) is 4.80. The molecule has 1 amide bonds. The average molecular weight is 317 g/mol. The van der Waals surface area contributed by atoms with Crippen molar-refractivity contribution in [2.75, 3.05) is 25.4 Å². The minimum absolute atomic E-state index is 0.0204. The Balaban J connectivity index is 2.12. The van der Waals surface area contributed by atoms with E-state index < -0.39 is 16.1 Å². The molecule has 2 aliphatic heterocycles. The number of likely N-dealkylation sites (tertiary alicyclic amines) is 1. The molecule has 2 aliphatic rings. The minimum atomic E-state index is -3.33. The molecule has 21 heavy (non-hydrogen) atoms. The van der Waals surface area contributed by atoms with Crippen molar-refractivity contribution in [3.63, 3.8) is 0 Å². The van der Waals surface area contributed by atoms with E-state index in [4.69, 9.17) is 5.73 Å². The number of hydrogen-bond donors (Lipinski definition) is 1. The van der Waals surface area contributed by atoms with Crippen molar-refractivity contribution in [1.29, 1.82) is 0 Å². The standard InChI is InChI=1S/C14H27N3O3S/c1-2-10-21(19,20)17-9-4-3-7-13(17)14(18)16-8-5-6-12(15)11-16/h12-13H,2-11,15H2,1H3. The molecule has 2 unspecified atom stereocenters. The normalized spacial score (nSPS) is 28.6. The second-order valence-corrected chi connectivity index (χ2v) is 8.17. The largest absolute Gasteiger partial charge is 0.340 e. The number of nitrogens with zero attached hydrogens (tertiary/aromatic N) is 2. The summed E-state index contributed by atoms with van der Waals surface area (Å²) >= 11 is 0. The zero-order valence-electron chi connectivity index (χ0n) is 12.8. The van der Waals surface area contributed by atoms with Crippen molar-refractivity contribution in [2.24, 2.45) is 5.73 Å². The Hall–Kier alpha value is -0.660. The topological polar surface area (TPSA) is 83.7 Å². The van der Waals surface area contributed by atoms with Gasteiger partial charge in [-0.15, -0.1) is 0 Å². The lowest BCUT2D eigenvalue weighted by atomic mass is 10.0. The number of amides is 1. The van der Waals surface area contributed by atoms with Crippen molar-refractivity contribution in [2.45, 2.75) is 57.5 Å². The van der Waals surface area contributed by atoms with E-state index in [0.29, 0.717) is 32.5 Å². The fraction of sp³-hybridized carbons (Fsp3) is 0.929. The van der Waals surface area contributed by atoms with E-state index in [1.54, 1.807) is 4.90 Å². The van der Waals surface area contributed by atoms with Gasteiger partial charge in [0.25, 0.3) is 0 Å². The first-order valence-corrected chi connectivity index (χ1v) is 9.60. The Morgan fingerprint density at radius 3 is 2.62 bits per heavy atom. The molecular formula is C14H27N3O3S. The van der Waals surface area contributed by atoms with Crippen LogP contribution in [0.3, 0.4) is 0 Å². The van der Waals surface area contributed by atoms with Crippen LogP contribution < -0.4 is 5.73 Å². The summed E-state index contributed by atoms with van der Waals surface area (Å²) in [5.74, 6) is 0.0700. The zero-order valence-corrected chi connectivity index (χ0v) is 13.6. The molecule has 0 aromatic rings. The monoisotopic (exact) mass is 317 g/mol. The predicted molar refractivity (Wildman–Crippen MR) is 82.2 cm³/mol. The molecule has 2 fully saturated rings. The number of carbonyl (C=O) groups is 1. The third kappa shape index (κ3) is 3.96. The molecule has 0 aromatic heterocycles. The van der Waals surface area contributed by atoms with Crippen molar-refractivity contribution in [3.8, 4) is 0 Å². The van der Waals surface area contributed by atoms with Crippen LogP contribution in [0.5, 0.6) is 0 Å². The molecule has 0 spiro atoms. The molecule has 2 heterocycles. The summed E-state index contributed by atoms with van der Waals surface area (Å²) in [6, 6.07) is -0.493. The molecule has 0 saturated carbocycles. The molecular weight excluding hydrogens is 290 g/mol. The van der Waals surface area contributed by atoms with Crippen molar-refractivity contribution >= 4 is 15.9 Å². The van der Waals surface area contributed by atoms with Gasteiger partial charge in [-0.1, -0.05) is 13.3 Å². The molecule has 2 saturated heterocycles. The van der Waals surface area contributed by atoms with Crippen molar-refractivity contribution < 1.29 is 13.2 Å². The van der Waals surface area contributed by atoms with Crippen molar-refractivity contribution in [1.82, 2.24) is 9.21 Å². The number of nitrogens with two attached hydrogens (primary N) is 1. The quantitative estimate of drug-likeness (QED) is 0.820. The highest BCUT2D eigenvalue weighted by molar-refractivity contribution is 7.89. The van der Waals surface area contributed by atoms with Crippen molar-refractivity contribution in [3.05, 3.63) is 0 Å². The van der Waals surface area contributed by atoms with E-state index >= 15 is 0 Å². The summed E-state index contributed by atoms with van der Waals surface area (Å²) in [7, 11) is -3.33. The second kappa shape index (κ2) is 7.07. The molecule has 2 atom stereocenters. The molecule has 0 radical (unpaired) electrons. The van der Waals surface area contributed by atoms with Gasteiger partial charge in [-0.05, 0) is 32.1 Å². The number of carbonyl (C=O) groups excluding carboxylic acids is 1. The maximum absolute atomic E-state index is 12.7. The van der Waals surface area contributed by atoms with Crippen LogP contribution in [0.25, 0.3) is 0 Å². The van der Waals surface area contributed by atoms with E-state index in [9.17, 15) is 13.2 Å². The molecule has 0 bridgehead atoms. The summed E-state index contributed by atoms with van der Waals surface area (Å²) in [5, 5.41) is 0. The van der Waals surface area contributed by atoms with Gasteiger partial charge in [0.05, 0.1) is 5.75 Å². The maximum Gasteiger partial charge on any atom is 0.241 e. The van der Waals surface area contributed by atoms with Gasteiger partial charge in [0.2, 0.25) is 15.9 Å². The average Bonchev–Trinajstić information content (AvgIpc) is 2.46. The molecule has 6 nitrogen and oxygen atoms in total. The number of sulfonamides is 1. The zero-order chi connectivity index (χ0) is 15.5. The number of piperidine rings is 2. The van der Waals surface area contributed by atoms with Gasteiger partial charge in [0, 0.05) is 25.7 Å². The molecule has 122 valence electrons.